The minimum atomic E-state index is -0.746. The Kier molecular flexibility index (Phi) is 3.24. The number of carboxylic acids is 1. The summed E-state index contributed by atoms with van der Waals surface area (Å²) in [5.41, 5.74) is 0. The van der Waals surface area contributed by atoms with Crippen LogP contribution in [0.5, 0.6) is 0 Å². The van der Waals surface area contributed by atoms with Gasteiger partial charge in [-0.05, 0) is 12.8 Å². The number of aliphatic carboxylic acids is 1. The summed E-state index contributed by atoms with van der Waals surface area (Å²) in [5, 5.41) is 9.35. The van der Waals surface area contributed by atoms with Crippen molar-refractivity contribution in [3.05, 3.63) is 17.5 Å². The van der Waals surface area contributed by atoms with E-state index in [0.29, 0.717) is 17.5 Å². The van der Waals surface area contributed by atoms with Crippen LogP contribution in [0.25, 0.3) is 0 Å². The highest BCUT2D eigenvalue weighted by molar-refractivity contribution is 6.29. The molecule has 0 radical (unpaired) electrons. The van der Waals surface area contributed by atoms with Gasteiger partial charge in [-0.1, -0.05) is 11.6 Å². The van der Waals surface area contributed by atoms with Crippen molar-refractivity contribution in [2.24, 2.45) is 5.92 Å². The lowest BCUT2D eigenvalue weighted by atomic mass is 9.98. The van der Waals surface area contributed by atoms with Gasteiger partial charge in [-0.15, -0.1) is 0 Å². The van der Waals surface area contributed by atoms with Crippen molar-refractivity contribution in [2.75, 3.05) is 18.0 Å². The largest absolute Gasteiger partial charge is 0.481 e. The Hall–Kier alpha value is -1.36. The van der Waals surface area contributed by atoms with Crippen molar-refractivity contribution in [3.8, 4) is 0 Å². The molecule has 1 aliphatic heterocycles. The van der Waals surface area contributed by atoms with Crippen molar-refractivity contribution in [1.82, 2.24) is 9.97 Å². The normalized spacial score (nSPS) is 20.8. The molecule has 5 nitrogen and oxygen atoms in total. The molecule has 1 aromatic heterocycles. The highest BCUT2D eigenvalue weighted by atomic mass is 35.5. The van der Waals surface area contributed by atoms with Gasteiger partial charge in [0.25, 0.3) is 0 Å². The van der Waals surface area contributed by atoms with Crippen LogP contribution in [-0.2, 0) is 4.79 Å². The van der Waals surface area contributed by atoms with E-state index in [-0.39, 0.29) is 5.92 Å². The summed E-state index contributed by atoms with van der Waals surface area (Å²) in [7, 11) is 0. The summed E-state index contributed by atoms with van der Waals surface area (Å²) in [5.74, 6) is -0.363. The van der Waals surface area contributed by atoms with E-state index in [2.05, 4.69) is 9.97 Å². The van der Waals surface area contributed by atoms with Crippen LogP contribution in [0.2, 0.25) is 5.15 Å². The van der Waals surface area contributed by atoms with Crippen LogP contribution in [0.4, 0.5) is 5.82 Å². The molecule has 16 heavy (non-hydrogen) atoms. The Labute approximate surface area is 98.1 Å². The molecule has 0 aromatic carbocycles. The van der Waals surface area contributed by atoms with Crippen molar-refractivity contribution in [3.63, 3.8) is 0 Å². The van der Waals surface area contributed by atoms with E-state index in [9.17, 15) is 4.79 Å². The van der Waals surface area contributed by atoms with E-state index < -0.39 is 5.97 Å². The number of anilines is 1. The van der Waals surface area contributed by atoms with Gasteiger partial charge in [-0.3, -0.25) is 4.79 Å². The van der Waals surface area contributed by atoms with E-state index >= 15 is 0 Å². The maximum atomic E-state index is 10.9. The lowest BCUT2D eigenvalue weighted by Gasteiger charge is -2.31. The number of carbonyl (C=O) groups is 1. The fourth-order valence-corrected chi connectivity index (χ4v) is 2.03. The first-order valence-electron chi connectivity index (χ1n) is 5.12. The van der Waals surface area contributed by atoms with Gasteiger partial charge in [0, 0.05) is 19.2 Å². The molecule has 0 unspecified atom stereocenters. The van der Waals surface area contributed by atoms with Crippen molar-refractivity contribution in [1.29, 1.82) is 0 Å². The van der Waals surface area contributed by atoms with Crippen LogP contribution in [0, 0.1) is 5.92 Å². The highest BCUT2D eigenvalue weighted by Gasteiger charge is 2.26. The lowest BCUT2D eigenvalue weighted by molar-refractivity contribution is -0.141. The summed E-state index contributed by atoms with van der Waals surface area (Å²) in [6, 6.07) is 1.66. The smallest absolute Gasteiger partial charge is 0.308 e. The monoisotopic (exact) mass is 241 g/mol. The minimum absolute atomic E-state index is 0.317. The number of piperidine rings is 1. The summed E-state index contributed by atoms with van der Waals surface area (Å²) in [4.78, 5) is 20.7. The highest BCUT2D eigenvalue weighted by Crippen LogP contribution is 2.22. The second-order valence-corrected chi connectivity index (χ2v) is 4.21. The Balaban J connectivity index is 2.12. The summed E-state index contributed by atoms with van der Waals surface area (Å²) < 4.78 is 0. The molecule has 2 heterocycles. The Morgan fingerprint density at radius 1 is 1.56 bits per heavy atom. The molecule has 1 aromatic rings. The molecule has 0 spiro atoms. The quantitative estimate of drug-likeness (QED) is 0.794. The molecule has 1 N–H and O–H groups in total. The molecular weight excluding hydrogens is 230 g/mol. The molecule has 6 heteroatoms. The summed E-state index contributed by atoms with van der Waals surface area (Å²) >= 11 is 5.77. The number of halogens is 1. The van der Waals surface area contributed by atoms with Gasteiger partial charge in [0.15, 0.2) is 0 Å². The zero-order valence-corrected chi connectivity index (χ0v) is 9.39. The third-order valence-electron chi connectivity index (χ3n) is 2.71. The molecule has 1 fully saturated rings. The number of carboxylic acid groups (broad SMARTS) is 1. The van der Waals surface area contributed by atoms with Crippen molar-refractivity contribution in [2.45, 2.75) is 12.8 Å². The van der Waals surface area contributed by atoms with Gasteiger partial charge in [-0.25, -0.2) is 9.97 Å². The van der Waals surface area contributed by atoms with E-state index in [4.69, 9.17) is 16.7 Å². The maximum absolute atomic E-state index is 10.9. The molecule has 0 bridgehead atoms. The van der Waals surface area contributed by atoms with Crippen LogP contribution in [0.3, 0.4) is 0 Å². The van der Waals surface area contributed by atoms with Crippen molar-refractivity contribution < 1.29 is 9.90 Å². The predicted octanol–water partition coefficient (Wildman–Crippen LogP) is 1.43. The summed E-state index contributed by atoms with van der Waals surface area (Å²) in [6.45, 7) is 1.31. The molecule has 0 saturated carbocycles. The first kappa shape index (κ1) is 11.1. The Bertz CT molecular complexity index is 399. The summed E-state index contributed by atoms with van der Waals surface area (Å²) in [6.07, 6.45) is 2.98. The van der Waals surface area contributed by atoms with Crippen LogP contribution in [-0.4, -0.2) is 34.1 Å². The Morgan fingerprint density at radius 3 is 3.06 bits per heavy atom. The Morgan fingerprint density at radius 2 is 2.38 bits per heavy atom. The average Bonchev–Trinajstić information content (AvgIpc) is 2.29. The van der Waals surface area contributed by atoms with E-state index in [1.165, 1.54) is 6.33 Å². The number of rotatable bonds is 2. The predicted molar refractivity (Wildman–Crippen MR) is 59.6 cm³/mol. The molecular formula is C10H12ClN3O2. The van der Waals surface area contributed by atoms with Crippen LogP contribution in [0.1, 0.15) is 12.8 Å². The number of hydrogen-bond acceptors (Lipinski definition) is 4. The van der Waals surface area contributed by atoms with E-state index in [0.717, 1.165) is 19.4 Å². The van der Waals surface area contributed by atoms with E-state index in [1.54, 1.807) is 6.07 Å². The standard InChI is InChI=1S/C10H12ClN3O2/c11-8-4-9(13-6-12-8)14-3-1-2-7(5-14)10(15)16/h4,6-7H,1-3,5H2,(H,15,16)/t7-/m1/s1. The van der Waals surface area contributed by atoms with E-state index in [1.807, 2.05) is 4.90 Å². The average molecular weight is 242 g/mol. The zero-order valence-electron chi connectivity index (χ0n) is 8.64. The number of hydrogen-bond donors (Lipinski definition) is 1. The topological polar surface area (TPSA) is 66.3 Å². The second kappa shape index (κ2) is 4.65. The molecule has 2 rings (SSSR count). The van der Waals surface area contributed by atoms with Gasteiger partial charge >= 0.3 is 5.97 Å². The van der Waals surface area contributed by atoms with Gasteiger partial charge in [0.05, 0.1) is 5.92 Å². The third-order valence-corrected chi connectivity index (χ3v) is 2.92. The van der Waals surface area contributed by atoms with Gasteiger partial charge in [-0.2, -0.15) is 0 Å². The maximum Gasteiger partial charge on any atom is 0.308 e. The SMILES string of the molecule is O=C(O)[C@@H]1CCCN(c2cc(Cl)ncn2)C1. The van der Waals surface area contributed by atoms with Crippen LogP contribution < -0.4 is 4.90 Å². The molecule has 1 aliphatic rings. The molecule has 1 atom stereocenters. The minimum Gasteiger partial charge on any atom is -0.481 e. The number of aromatic nitrogens is 2. The van der Waals surface area contributed by atoms with Gasteiger partial charge in [0.2, 0.25) is 0 Å². The van der Waals surface area contributed by atoms with Crippen molar-refractivity contribution >= 4 is 23.4 Å². The van der Waals surface area contributed by atoms with Gasteiger partial charge < -0.3 is 10.0 Å². The lowest BCUT2D eigenvalue weighted by Crippen LogP contribution is -2.39. The zero-order chi connectivity index (χ0) is 11.5. The third kappa shape index (κ3) is 2.41. The fourth-order valence-electron chi connectivity index (χ4n) is 1.88. The second-order valence-electron chi connectivity index (χ2n) is 3.82. The number of nitrogens with zero attached hydrogens (tertiary/aromatic N) is 3. The molecule has 86 valence electrons. The first-order chi connectivity index (χ1) is 7.66. The molecule has 0 amide bonds. The fraction of sp³-hybridized carbons (Fsp3) is 0.500. The van der Waals surface area contributed by atoms with Crippen LogP contribution in [0.15, 0.2) is 12.4 Å². The van der Waals surface area contributed by atoms with Crippen LogP contribution >= 0.6 is 11.6 Å². The first-order valence-corrected chi connectivity index (χ1v) is 5.50. The molecule has 0 aliphatic carbocycles. The molecule has 1 saturated heterocycles. The van der Waals surface area contributed by atoms with Gasteiger partial charge in [0.1, 0.15) is 17.3 Å².